The number of urea groups is 1. The summed E-state index contributed by atoms with van der Waals surface area (Å²) in [6.45, 7) is 0. The third-order valence-electron chi connectivity index (χ3n) is 2.54. The van der Waals surface area contributed by atoms with Crippen molar-refractivity contribution in [2.24, 2.45) is 5.73 Å². The molecule has 0 atom stereocenters. The van der Waals surface area contributed by atoms with Crippen molar-refractivity contribution >= 4 is 34.9 Å². The Labute approximate surface area is 120 Å². The molecule has 2 rings (SSSR count). The van der Waals surface area contributed by atoms with Crippen LogP contribution in [-0.2, 0) is 0 Å². The van der Waals surface area contributed by atoms with Gasteiger partial charge in [0.15, 0.2) is 0 Å². The van der Waals surface area contributed by atoms with E-state index in [-0.39, 0.29) is 5.56 Å². The van der Waals surface area contributed by atoms with Crippen LogP contribution < -0.4 is 16.4 Å². The maximum atomic E-state index is 11.8. The van der Waals surface area contributed by atoms with Gasteiger partial charge in [-0.1, -0.05) is 23.7 Å². The maximum Gasteiger partial charge on any atom is 0.323 e. The summed E-state index contributed by atoms with van der Waals surface area (Å²) in [6, 6.07) is 12.7. The number of carbonyl (C=O) groups is 2. The second kappa shape index (κ2) is 6.08. The number of carbonyl (C=O) groups excluding carboxylic acids is 2. The number of rotatable bonds is 3. The maximum absolute atomic E-state index is 11.8. The number of anilines is 2. The van der Waals surface area contributed by atoms with Gasteiger partial charge in [-0.05, 0) is 36.4 Å². The fourth-order valence-electron chi connectivity index (χ4n) is 1.62. The topological polar surface area (TPSA) is 84.2 Å². The predicted molar refractivity (Wildman–Crippen MR) is 79.1 cm³/mol. The molecular formula is C14H12ClN3O2. The van der Waals surface area contributed by atoms with Gasteiger partial charge in [-0.25, -0.2) is 4.79 Å². The molecule has 2 aromatic rings. The minimum atomic E-state index is -0.604. The number of para-hydroxylation sites is 1. The number of halogens is 1. The number of nitrogens with one attached hydrogen (secondary N) is 2. The molecule has 20 heavy (non-hydrogen) atoms. The SMILES string of the molecule is NC(=O)c1ccccc1NC(=O)Nc1ccc(Cl)cc1. The highest BCUT2D eigenvalue weighted by Gasteiger charge is 2.10. The predicted octanol–water partition coefficient (Wildman–Crippen LogP) is 3.08. The summed E-state index contributed by atoms with van der Waals surface area (Å²) in [5, 5.41) is 5.77. The molecule has 0 saturated carbocycles. The van der Waals surface area contributed by atoms with Crippen LogP contribution in [0.4, 0.5) is 16.2 Å². The van der Waals surface area contributed by atoms with E-state index in [2.05, 4.69) is 10.6 Å². The van der Waals surface area contributed by atoms with E-state index in [1.807, 2.05) is 0 Å². The number of hydrogen-bond acceptors (Lipinski definition) is 2. The molecule has 3 amide bonds. The van der Waals surface area contributed by atoms with Crippen LogP contribution >= 0.6 is 11.6 Å². The lowest BCUT2D eigenvalue weighted by Gasteiger charge is -2.10. The van der Waals surface area contributed by atoms with Crippen molar-refractivity contribution in [1.29, 1.82) is 0 Å². The fraction of sp³-hybridized carbons (Fsp3) is 0. The minimum Gasteiger partial charge on any atom is -0.366 e. The van der Waals surface area contributed by atoms with E-state index in [0.717, 1.165) is 0 Å². The largest absolute Gasteiger partial charge is 0.366 e. The van der Waals surface area contributed by atoms with Crippen LogP contribution in [0.25, 0.3) is 0 Å². The lowest BCUT2D eigenvalue weighted by atomic mass is 10.1. The molecule has 0 aliphatic heterocycles. The van der Waals surface area contributed by atoms with Gasteiger partial charge < -0.3 is 16.4 Å². The number of nitrogens with two attached hydrogens (primary N) is 1. The van der Waals surface area contributed by atoms with Crippen molar-refractivity contribution in [3.63, 3.8) is 0 Å². The summed E-state index contributed by atoms with van der Waals surface area (Å²) in [4.78, 5) is 23.1. The first-order valence-corrected chi connectivity index (χ1v) is 6.16. The van der Waals surface area contributed by atoms with E-state index >= 15 is 0 Å². The van der Waals surface area contributed by atoms with E-state index in [9.17, 15) is 9.59 Å². The Bertz CT molecular complexity index is 641. The molecular weight excluding hydrogens is 278 g/mol. The minimum absolute atomic E-state index is 0.249. The molecule has 0 bridgehead atoms. The van der Waals surface area contributed by atoms with E-state index < -0.39 is 11.9 Å². The average Bonchev–Trinajstić information content (AvgIpc) is 2.41. The van der Waals surface area contributed by atoms with Crippen LogP contribution in [0, 0.1) is 0 Å². The normalized spacial score (nSPS) is 9.85. The first-order chi connectivity index (χ1) is 9.56. The lowest BCUT2D eigenvalue weighted by Crippen LogP contribution is -2.22. The van der Waals surface area contributed by atoms with Crippen molar-refractivity contribution < 1.29 is 9.59 Å². The Hall–Kier alpha value is -2.53. The van der Waals surface area contributed by atoms with Gasteiger partial charge in [0.1, 0.15) is 0 Å². The van der Waals surface area contributed by atoms with E-state index in [0.29, 0.717) is 16.4 Å². The van der Waals surface area contributed by atoms with Gasteiger partial charge in [0.2, 0.25) is 0 Å². The quantitative estimate of drug-likeness (QED) is 0.811. The van der Waals surface area contributed by atoms with Crippen LogP contribution in [-0.4, -0.2) is 11.9 Å². The van der Waals surface area contributed by atoms with Gasteiger partial charge in [-0.2, -0.15) is 0 Å². The summed E-state index contributed by atoms with van der Waals surface area (Å²) in [6.07, 6.45) is 0. The molecule has 0 aromatic heterocycles. The summed E-state index contributed by atoms with van der Waals surface area (Å²) in [7, 11) is 0. The summed E-state index contributed by atoms with van der Waals surface area (Å²) in [5.41, 5.74) is 6.42. The molecule has 4 N–H and O–H groups in total. The molecule has 0 spiro atoms. The highest BCUT2D eigenvalue weighted by Crippen LogP contribution is 2.16. The van der Waals surface area contributed by atoms with Crippen LogP contribution in [0.5, 0.6) is 0 Å². The molecule has 0 aliphatic carbocycles. The zero-order valence-corrected chi connectivity index (χ0v) is 11.1. The first kappa shape index (κ1) is 13.9. The van der Waals surface area contributed by atoms with Gasteiger partial charge in [-0.15, -0.1) is 0 Å². The fourth-order valence-corrected chi connectivity index (χ4v) is 1.75. The van der Waals surface area contributed by atoms with Crippen LogP contribution in [0.15, 0.2) is 48.5 Å². The van der Waals surface area contributed by atoms with E-state index in [4.69, 9.17) is 17.3 Å². The molecule has 0 saturated heterocycles. The van der Waals surface area contributed by atoms with Crippen molar-refractivity contribution in [1.82, 2.24) is 0 Å². The Morgan fingerprint density at radius 3 is 2.25 bits per heavy atom. The number of primary amides is 1. The van der Waals surface area contributed by atoms with E-state index in [1.165, 1.54) is 0 Å². The number of hydrogen-bond donors (Lipinski definition) is 3. The molecule has 0 unspecified atom stereocenters. The third-order valence-corrected chi connectivity index (χ3v) is 2.79. The summed E-state index contributed by atoms with van der Waals surface area (Å²) >= 11 is 5.75. The number of benzene rings is 2. The van der Waals surface area contributed by atoms with Gasteiger partial charge in [0.25, 0.3) is 5.91 Å². The lowest BCUT2D eigenvalue weighted by molar-refractivity contribution is 0.100. The van der Waals surface area contributed by atoms with E-state index in [1.54, 1.807) is 48.5 Å². The molecule has 5 nitrogen and oxygen atoms in total. The zero-order chi connectivity index (χ0) is 14.5. The van der Waals surface area contributed by atoms with Crippen molar-refractivity contribution in [2.45, 2.75) is 0 Å². The molecule has 2 aromatic carbocycles. The Kier molecular flexibility index (Phi) is 4.22. The highest BCUT2D eigenvalue weighted by molar-refractivity contribution is 6.30. The van der Waals surface area contributed by atoms with Crippen molar-refractivity contribution in [2.75, 3.05) is 10.6 Å². The second-order valence-corrected chi connectivity index (χ2v) is 4.43. The van der Waals surface area contributed by atoms with Gasteiger partial charge in [0.05, 0.1) is 11.3 Å². The van der Waals surface area contributed by atoms with Crippen LogP contribution in [0.3, 0.4) is 0 Å². The molecule has 6 heteroatoms. The molecule has 0 heterocycles. The Morgan fingerprint density at radius 1 is 0.950 bits per heavy atom. The molecule has 0 radical (unpaired) electrons. The van der Waals surface area contributed by atoms with Crippen LogP contribution in [0.1, 0.15) is 10.4 Å². The summed E-state index contributed by atoms with van der Waals surface area (Å²) < 4.78 is 0. The standard InChI is InChI=1S/C14H12ClN3O2/c15-9-5-7-10(8-6-9)17-14(20)18-12-4-2-1-3-11(12)13(16)19/h1-8H,(H2,16,19)(H2,17,18,20). The monoisotopic (exact) mass is 289 g/mol. The third kappa shape index (κ3) is 3.49. The average molecular weight is 290 g/mol. The zero-order valence-electron chi connectivity index (χ0n) is 10.4. The van der Waals surface area contributed by atoms with Crippen molar-refractivity contribution in [3.8, 4) is 0 Å². The van der Waals surface area contributed by atoms with Gasteiger partial charge in [-0.3, -0.25) is 4.79 Å². The molecule has 0 aliphatic rings. The first-order valence-electron chi connectivity index (χ1n) is 5.78. The Morgan fingerprint density at radius 2 is 1.60 bits per heavy atom. The smallest absolute Gasteiger partial charge is 0.323 e. The molecule has 0 fully saturated rings. The van der Waals surface area contributed by atoms with Gasteiger partial charge in [0, 0.05) is 10.7 Å². The van der Waals surface area contributed by atoms with Gasteiger partial charge >= 0.3 is 6.03 Å². The number of amides is 3. The molecule has 102 valence electrons. The highest BCUT2D eigenvalue weighted by atomic mass is 35.5. The van der Waals surface area contributed by atoms with Crippen LogP contribution in [0.2, 0.25) is 5.02 Å². The van der Waals surface area contributed by atoms with Crippen molar-refractivity contribution in [3.05, 3.63) is 59.1 Å². The Balaban J connectivity index is 2.08. The second-order valence-electron chi connectivity index (χ2n) is 4.00. The summed E-state index contributed by atoms with van der Waals surface area (Å²) in [5.74, 6) is -0.604.